The molecule has 0 aliphatic heterocycles. The van der Waals surface area contributed by atoms with E-state index < -0.39 is 17.6 Å². The second kappa shape index (κ2) is 7.23. The Morgan fingerprint density at radius 1 is 1.00 bits per heavy atom. The number of hydrogen-bond donors (Lipinski definition) is 1. The summed E-state index contributed by atoms with van der Waals surface area (Å²) in [6.45, 7) is 0. The molecule has 0 aliphatic carbocycles. The van der Waals surface area contributed by atoms with E-state index in [9.17, 15) is 14.4 Å². The van der Waals surface area contributed by atoms with E-state index >= 15 is 0 Å². The van der Waals surface area contributed by atoms with E-state index in [1.54, 1.807) is 62.6 Å². The van der Waals surface area contributed by atoms with Crippen LogP contribution < -0.4 is 5.56 Å². The van der Waals surface area contributed by atoms with Crippen molar-refractivity contribution in [2.45, 2.75) is 6.10 Å². The molecule has 1 heterocycles. The molecule has 2 aromatic carbocycles. The van der Waals surface area contributed by atoms with E-state index in [0.717, 1.165) is 0 Å². The Labute approximate surface area is 150 Å². The second-order valence-electron chi connectivity index (χ2n) is 6.02. The molecule has 1 amide bonds. The minimum absolute atomic E-state index is 0.122. The van der Waals surface area contributed by atoms with Crippen LogP contribution in [0.2, 0.25) is 0 Å². The predicted molar refractivity (Wildman–Crippen MR) is 97.9 cm³/mol. The largest absolute Gasteiger partial charge is 0.444 e. The third-order valence-electron chi connectivity index (χ3n) is 3.96. The number of amides is 1. The van der Waals surface area contributed by atoms with Gasteiger partial charge in [-0.1, -0.05) is 48.5 Å². The second-order valence-corrected chi connectivity index (χ2v) is 6.02. The molecule has 132 valence electrons. The zero-order valence-corrected chi connectivity index (χ0v) is 14.4. The topological polar surface area (TPSA) is 79.5 Å². The molecular weight excluding hydrogens is 332 g/mol. The molecule has 0 radical (unpaired) electrons. The van der Waals surface area contributed by atoms with Crippen LogP contribution in [0.4, 0.5) is 0 Å². The van der Waals surface area contributed by atoms with Crippen LogP contribution in [0.5, 0.6) is 0 Å². The van der Waals surface area contributed by atoms with Gasteiger partial charge in [-0.2, -0.15) is 0 Å². The Kier molecular flexibility index (Phi) is 4.84. The summed E-state index contributed by atoms with van der Waals surface area (Å²) < 4.78 is 5.53. The van der Waals surface area contributed by atoms with Crippen LogP contribution in [-0.4, -0.2) is 35.9 Å². The Morgan fingerprint density at radius 2 is 1.65 bits per heavy atom. The van der Waals surface area contributed by atoms with Crippen LogP contribution in [0, 0.1) is 0 Å². The smallest absolute Gasteiger partial charge is 0.340 e. The number of benzene rings is 2. The lowest BCUT2D eigenvalue weighted by atomic mass is 10.1. The fraction of sp³-hybridized carbons (Fsp3) is 0.150. The molecule has 3 aromatic rings. The quantitative estimate of drug-likeness (QED) is 0.733. The fourth-order valence-electron chi connectivity index (χ4n) is 2.67. The van der Waals surface area contributed by atoms with Gasteiger partial charge in [0.1, 0.15) is 0 Å². The zero-order valence-electron chi connectivity index (χ0n) is 14.4. The molecule has 1 atom stereocenters. The van der Waals surface area contributed by atoms with Gasteiger partial charge in [-0.15, -0.1) is 0 Å². The van der Waals surface area contributed by atoms with Crippen molar-refractivity contribution in [2.75, 3.05) is 14.1 Å². The maximum absolute atomic E-state index is 12.8. The standard InChI is InChI=1S/C20H18N2O4/c1-22(2)19(24)18(13-8-4-3-5-9-13)26-20(25)15-12-17(23)21-16-11-7-6-10-14(15)16/h3-12,18H,1-2H3,(H,21,23)/t18-/m0/s1. The highest BCUT2D eigenvalue weighted by Crippen LogP contribution is 2.23. The zero-order chi connectivity index (χ0) is 18.7. The first-order chi connectivity index (χ1) is 12.5. The molecule has 0 saturated carbocycles. The number of aromatic nitrogens is 1. The minimum Gasteiger partial charge on any atom is -0.444 e. The number of H-pyrrole nitrogens is 1. The predicted octanol–water partition coefficient (Wildman–Crippen LogP) is 2.51. The molecule has 0 bridgehead atoms. The Balaban J connectivity index is 2.01. The van der Waals surface area contributed by atoms with E-state index in [4.69, 9.17) is 4.74 Å². The number of ether oxygens (including phenoxy) is 1. The van der Waals surface area contributed by atoms with Gasteiger partial charge in [0.2, 0.25) is 11.7 Å². The van der Waals surface area contributed by atoms with Gasteiger partial charge in [-0.05, 0) is 6.07 Å². The van der Waals surface area contributed by atoms with Crippen LogP contribution in [-0.2, 0) is 9.53 Å². The molecule has 0 unspecified atom stereocenters. The van der Waals surface area contributed by atoms with E-state index in [-0.39, 0.29) is 11.5 Å². The molecule has 1 N–H and O–H groups in total. The van der Waals surface area contributed by atoms with Crippen LogP contribution in [0.3, 0.4) is 0 Å². The number of para-hydroxylation sites is 1. The monoisotopic (exact) mass is 350 g/mol. The van der Waals surface area contributed by atoms with Gasteiger partial charge in [0.25, 0.3) is 5.91 Å². The molecular formula is C20H18N2O4. The molecule has 1 aromatic heterocycles. The number of aromatic amines is 1. The number of pyridine rings is 1. The number of hydrogen-bond acceptors (Lipinski definition) is 4. The SMILES string of the molecule is CN(C)C(=O)[C@@H](OC(=O)c1cc(=O)[nH]c2ccccc12)c1ccccc1. The van der Waals surface area contributed by atoms with Crippen molar-refractivity contribution in [1.29, 1.82) is 0 Å². The van der Waals surface area contributed by atoms with E-state index in [2.05, 4.69) is 4.98 Å². The van der Waals surface area contributed by atoms with Crippen molar-refractivity contribution >= 4 is 22.8 Å². The number of esters is 1. The summed E-state index contributed by atoms with van der Waals surface area (Å²) in [4.78, 5) is 41.2. The molecule has 26 heavy (non-hydrogen) atoms. The van der Waals surface area contributed by atoms with Crippen LogP contribution in [0.15, 0.2) is 65.5 Å². The molecule has 0 aliphatic rings. The first-order valence-corrected chi connectivity index (χ1v) is 8.06. The summed E-state index contributed by atoms with van der Waals surface area (Å²) in [5, 5.41) is 0.557. The van der Waals surface area contributed by atoms with Crippen molar-refractivity contribution in [3.05, 3.63) is 82.1 Å². The Bertz CT molecular complexity index is 1010. The van der Waals surface area contributed by atoms with E-state index in [1.807, 2.05) is 6.07 Å². The molecule has 6 heteroatoms. The first-order valence-electron chi connectivity index (χ1n) is 8.06. The first kappa shape index (κ1) is 17.4. The lowest BCUT2D eigenvalue weighted by Gasteiger charge is -2.21. The van der Waals surface area contributed by atoms with Crippen molar-refractivity contribution < 1.29 is 14.3 Å². The summed E-state index contributed by atoms with van der Waals surface area (Å²) >= 11 is 0. The fourth-order valence-corrected chi connectivity index (χ4v) is 2.67. The van der Waals surface area contributed by atoms with Gasteiger partial charge in [0.15, 0.2) is 0 Å². The summed E-state index contributed by atoms with van der Waals surface area (Å²) in [6, 6.07) is 16.9. The van der Waals surface area contributed by atoms with Crippen molar-refractivity contribution in [1.82, 2.24) is 9.88 Å². The van der Waals surface area contributed by atoms with Crippen molar-refractivity contribution in [3.8, 4) is 0 Å². The third-order valence-corrected chi connectivity index (χ3v) is 3.96. The van der Waals surface area contributed by atoms with Crippen LogP contribution in [0.25, 0.3) is 10.9 Å². The minimum atomic E-state index is -1.09. The highest BCUT2D eigenvalue weighted by molar-refractivity contribution is 6.04. The van der Waals surface area contributed by atoms with Gasteiger partial charge in [0, 0.05) is 36.6 Å². The van der Waals surface area contributed by atoms with Gasteiger partial charge in [-0.3, -0.25) is 9.59 Å². The normalized spacial score (nSPS) is 11.8. The van der Waals surface area contributed by atoms with Crippen LogP contribution in [0.1, 0.15) is 22.0 Å². The lowest BCUT2D eigenvalue weighted by molar-refractivity contribution is -0.138. The number of carbonyl (C=O) groups is 2. The summed E-state index contributed by atoms with van der Waals surface area (Å²) in [5.74, 6) is -1.09. The molecule has 3 rings (SSSR count). The van der Waals surface area contributed by atoms with Crippen molar-refractivity contribution in [2.24, 2.45) is 0 Å². The average Bonchev–Trinajstić information content (AvgIpc) is 2.65. The summed E-state index contributed by atoms with van der Waals surface area (Å²) in [7, 11) is 3.18. The number of nitrogens with zero attached hydrogens (tertiary/aromatic N) is 1. The maximum Gasteiger partial charge on any atom is 0.340 e. The lowest BCUT2D eigenvalue weighted by Crippen LogP contribution is -2.31. The Hall–Kier alpha value is -3.41. The molecule has 0 spiro atoms. The van der Waals surface area contributed by atoms with Crippen molar-refractivity contribution in [3.63, 3.8) is 0 Å². The number of carbonyl (C=O) groups excluding carboxylic acids is 2. The highest BCUT2D eigenvalue weighted by Gasteiger charge is 2.27. The number of fused-ring (bicyclic) bond motifs is 1. The van der Waals surface area contributed by atoms with Gasteiger partial charge >= 0.3 is 5.97 Å². The summed E-state index contributed by atoms with van der Waals surface area (Å²) in [6.07, 6.45) is -1.09. The third kappa shape index (κ3) is 3.49. The maximum atomic E-state index is 12.8. The van der Waals surface area contributed by atoms with Gasteiger partial charge < -0.3 is 14.6 Å². The van der Waals surface area contributed by atoms with Gasteiger partial charge in [0.05, 0.1) is 5.56 Å². The van der Waals surface area contributed by atoms with Gasteiger partial charge in [-0.25, -0.2) is 4.79 Å². The highest BCUT2D eigenvalue weighted by atomic mass is 16.5. The Morgan fingerprint density at radius 3 is 2.35 bits per heavy atom. The average molecular weight is 350 g/mol. The van der Waals surface area contributed by atoms with E-state index in [1.165, 1.54) is 11.0 Å². The molecule has 0 saturated heterocycles. The molecule has 0 fully saturated rings. The number of likely N-dealkylation sites (N-methyl/N-ethyl adjacent to an activating group) is 1. The number of nitrogens with one attached hydrogen (secondary N) is 1. The molecule has 6 nitrogen and oxygen atoms in total. The van der Waals surface area contributed by atoms with E-state index in [0.29, 0.717) is 16.5 Å². The van der Waals surface area contributed by atoms with Crippen LogP contribution >= 0.6 is 0 Å². The number of rotatable bonds is 4. The summed E-state index contributed by atoms with van der Waals surface area (Å²) in [5.41, 5.74) is 0.804.